The van der Waals surface area contributed by atoms with E-state index in [9.17, 15) is 4.79 Å². The summed E-state index contributed by atoms with van der Waals surface area (Å²) in [5.41, 5.74) is 4.65. The van der Waals surface area contributed by atoms with Crippen molar-refractivity contribution in [2.75, 3.05) is 0 Å². The Morgan fingerprint density at radius 3 is 2.26 bits per heavy atom. The summed E-state index contributed by atoms with van der Waals surface area (Å²) in [7, 11) is 0. The van der Waals surface area contributed by atoms with Crippen LogP contribution in [-0.2, 0) is 12.8 Å². The molecule has 0 aliphatic carbocycles. The summed E-state index contributed by atoms with van der Waals surface area (Å²) in [5, 5.41) is 0. The smallest absolute Gasteiger partial charge is 0.202 e. The first-order valence-electron chi connectivity index (χ1n) is 6.80. The van der Waals surface area contributed by atoms with Gasteiger partial charge in [-0.3, -0.25) is 4.79 Å². The quantitative estimate of drug-likeness (QED) is 0.736. The molecule has 0 fully saturated rings. The zero-order valence-corrected chi connectivity index (χ0v) is 12.9. The van der Waals surface area contributed by atoms with Crippen LogP contribution < -0.4 is 0 Å². The minimum Gasteiger partial charge on any atom is -0.288 e. The summed E-state index contributed by atoms with van der Waals surface area (Å²) in [6.45, 7) is 8.42. The zero-order valence-electron chi connectivity index (χ0n) is 12.0. The minimum atomic E-state index is 0.151. The van der Waals surface area contributed by atoms with Crippen molar-refractivity contribution in [2.24, 2.45) is 0 Å². The maximum Gasteiger partial charge on any atom is 0.202 e. The van der Waals surface area contributed by atoms with Gasteiger partial charge in [-0.25, -0.2) is 0 Å². The van der Waals surface area contributed by atoms with Gasteiger partial charge in [0.15, 0.2) is 0 Å². The third kappa shape index (κ3) is 2.79. The summed E-state index contributed by atoms with van der Waals surface area (Å²) in [5.74, 6) is 0.151. The highest BCUT2D eigenvalue weighted by atomic mass is 32.1. The number of aryl methyl sites for hydroxylation is 4. The molecule has 1 aromatic carbocycles. The Balaban J connectivity index is 2.39. The molecule has 0 amide bonds. The van der Waals surface area contributed by atoms with E-state index >= 15 is 0 Å². The average Bonchev–Trinajstić information content (AvgIpc) is 2.77. The van der Waals surface area contributed by atoms with Crippen LogP contribution in [0.15, 0.2) is 24.3 Å². The lowest BCUT2D eigenvalue weighted by atomic mass is 9.98. The van der Waals surface area contributed by atoms with Gasteiger partial charge in [-0.05, 0) is 55.5 Å². The molecule has 0 saturated heterocycles. The van der Waals surface area contributed by atoms with Gasteiger partial charge in [-0.15, -0.1) is 11.3 Å². The molecule has 0 aliphatic rings. The monoisotopic (exact) mass is 272 g/mol. The van der Waals surface area contributed by atoms with E-state index in [0.29, 0.717) is 0 Å². The fourth-order valence-corrected chi connectivity index (χ4v) is 3.26. The van der Waals surface area contributed by atoms with E-state index in [0.717, 1.165) is 23.3 Å². The lowest BCUT2D eigenvalue weighted by Gasteiger charge is -2.07. The molecular formula is C17H20OS. The Kier molecular flexibility index (Phi) is 4.20. The molecule has 0 N–H and O–H groups in total. The normalized spacial score (nSPS) is 10.7. The van der Waals surface area contributed by atoms with Crippen LogP contribution in [0.1, 0.15) is 50.7 Å². The molecule has 1 aromatic heterocycles. The molecular weight excluding hydrogens is 252 g/mol. The van der Waals surface area contributed by atoms with E-state index in [1.54, 1.807) is 11.3 Å². The van der Waals surface area contributed by atoms with Crippen LogP contribution in [0.4, 0.5) is 0 Å². The largest absolute Gasteiger partial charge is 0.288 e. The minimum absolute atomic E-state index is 0.151. The molecule has 2 rings (SSSR count). The van der Waals surface area contributed by atoms with E-state index < -0.39 is 0 Å². The van der Waals surface area contributed by atoms with Gasteiger partial charge in [0.05, 0.1) is 4.88 Å². The second-order valence-corrected chi connectivity index (χ2v) is 6.13. The van der Waals surface area contributed by atoms with E-state index in [1.807, 2.05) is 12.1 Å². The van der Waals surface area contributed by atoms with Crippen LogP contribution in [0.25, 0.3) is 0 Å². The summed E-state index contributed by atoms with van der Waals surface area (Å²) in [6.07, 6.45) is 2.00. The molecule has 0 atom stereocenters. The van der Waals surface area contributed by atoms with Crippen molar-refractivity contribution in [3.8, 4) is 0 Å². The summed E-state index contributed by atoms with van der Waals surface area (Å²) in [6, 6.07) is 8.12. The van der Waals surface area contributed by atoms with Crippen LogP contribution in [0, 0.1) is 13.8 Å². The third-order valence-corrected chi connectivity index (χ3v) is 4.77. The second-order valence-electron chi connectivity index (χ2n) is 4.87. The summed E-state index contributed by atoms with van der Waals surface area (Å²) >= 11 is 1.59. The molecule has 0 radical (unpaired) electrons. The van der Waals surface area contributed by atoms with Gasteiger partial charge in [-0.2, -0.15) is 0 Å². The number of hydrogen-bond acceptors (Lipinski definition) is 2. The fourth-order valence-electron chi connectivity index (χ4n) is 2.27. The van der Waals surface area contributed by atoms with Crippen molar-refractivity contribution in [3.63, 3.8) is 0 Å². The van der Waals surface area contributed by atoms with Crippen LogP contribution in [0.2, 0.25) is 0 Å². The highest BCUT2D eigenvalue weighted by molar-refractivity contribution is 7.14. The first-order valence-corrected chi connectivity index (χ1v) is 7.62. The Bertz CT molecular complexity index is 588. The van der Waals surface area contributed by atoms with Crippen LogP contribution in [-0.4, -0.2) is 5.78 Å². The van der Waals surface area contributed by atoms with Crippen LogP contribution >= 0.6 is 11.3 Å². The highest BCUT2D eigenvalue weighted by Gasteiger charge is 2.14. The van der Waals surface area contributed by atoms with Gasteiger partial charge in [0.1, 0.15) is 0 Å². The first-order chi connectivity index (χ1) is 9.06. The van der Waals surface area contributed by atoms with Crippen molar-refractivity contribution < 1.29 is 4.79 Å². The molecule has 2 heteroatoms. The molecule has 100 valence electrons. The molecule has 0 saturated carbocycles. The number of carbonyl (C=O) groups is 1. The Hall–Kier alpha value is -1.41. The van der Waals surface area contributed by atoms with E-state index in [4.69, 9.17) is 0 Å². The van der Waals surface area contributed by atoms with Crippen molar-refractivity contribution in [1.82, 2.24) is 0 Å². The van der Waals surface area contributed by atoms with Crippen molar-refractivity contribution in [2.45, 2.75) is 40.5 Å². The maximum absolute atomic E-state index is 12.5. The molecule has 0 spiro atoms. The SMILES string of the molecule is CCc1ccc(C(=O)c2cc(C)c(C)s2)cc1CC. The van der Waals surface area contributed by atoms with Crippen LogP contribution in [0.5, 0.6) is 0 Å². The van der Waals surface area contributed by atoms with E-state index in [1.165, 1.54) is 21.6 Å². The zero-order chi connectivity index (χ0) is 14.0. The lowest BCUT2D eigenvalue weighted by Crippen LogP contribution is -2.01. The Labute approximate surface area is 119 Å². The summed E-state index contributed by atoms with van der Waals surface area (Å²) in [4.78, 5) is 14.6. The fraction of sp³-hybridized carbons (Fsp3) is 0.353. The predicted molar refractivity (Wildman–Crippen MR) is 82.4 cm³/mol. The molecule has 19 heavy (non-hydrogen) atoms. The van der Waals surface area contributed by atoms with Gasteiger partial charge in [0.2, 0.25) is 5.78 Å². The third-order valence-electron chi connectivity index (χ3n) is 3.62. The summed E-state index contributed by atoms with van der Waals surface area (Å²) < 4.78 is 0. The molecule has 1 nitrogen and oxygen atoms in total. The molecule has 0 aliphatic heterocycles. The standard InChI is InChI=1S/C17H20OS/c1-5-13-7-8-15(10-14(13)6-2)17(18)16-9-11(3)12(4)19-16/h7-10H,5-6H2,1-4H3. The predicted octanol–water partition coefficient (Wildman–Crippen LogP) is 4.72. The van der Waals surface area contributed by atoms with Gasteiger partial charge < -0.3 is 0 Å². The van der Waals surface area contributed by atoms with E-state index in [-0.39, 0.29) is 5.78 Å². The number of benzene rings is 1. The van der Waals surface area contributed by atoms with Crippen molar-refractivity contribution in [1.29, 1.82) is 0 Å². The lowest BCUT2D eigenvalue weighted by molar-refractivity contribution is 0.104. The first kappa shape index (κ1) is 14.0. The van der Waals surface area contributed by atoms with Gasteiger partial charge in [0, 0.05) is 10.4 Å². The topological polar surface area (TPSA) is 17.1 Å². The number of rotatable bonds is 4. The molecule has 0 unspecified atom stereocenters. The molecule has 0 bridgehead atoms. The Morgan fingerprint density at radius 2 is 1.74 bits per heavy atom. The van der Waals surface area contributed by atoms with Crippen LogP contribution in [0.3, 0.4) is 0 Å². The highest BCUT2D eigenvalue weighted by Crippen LogP contribution is 2.24. The number of carbonyl (C=O) groups excluding carboxylic acids is 1. The van der Waals surface area contributed by atoms with Gasteiger partial charge in [0.25, 0.3) is 0 Å². The molecule has 2 aromatic rings. The Morgan fingerprint density at radius 1 is 1.05 bits per heavy atom. The van der Waals surface area contributed by atoms with Crippen molar-refractivity contribution in [3.05, 3.63) is 56.3 Å². The van der Waals surface area contributed by atoms with Crippen molar-refractivity contribution >= 4 is 17.1 Å². The van der Waals surface area contributed by atoms with E-state index in [2.05, 4.69) is 39.8 Å². The molecule has 1 heterocycles. The number of thiophene rings is 1. The van der Waals surface area contributed by atoms with Gasteiger partial charge in [-0.1, -0.05) is 26.0 Å². The average molecular weight is 272 g/mol. The number of hydrogen-bond donors (Lipinski definition) is 0. The van der Waals surface area contributed by atoms with Gasteiger partial charge >= 0.3 is 0 Å². The second kappa shape index (κ2) is 5.70. The number of ketones is 1. The maximum atomic E-state index is 12.5.